The number of hydrogen-bond donors (Lipinski definition) is 1. The molecule has 0 fully saturated rings. The molecule has 0 radical (unpaired) electrons. The molecule has 2 aromatic rings. The summed E-state index contributed by atoms with van der Waals surface area (Å²) in [5.74, 6) is -2.23. The molecule has 0 amide bonds. The molecule has 18 heavy (non-hydrogen) atoms. The van der Waals surface area contributed by atoms with Crippen molar-refractivity contribution in [3.63, 3.8) is 0 Å². The van der Waals surface area contributed by atoms with Crippen LogP contribution in [0.3, 0.4) is 0 Å². The molecule has 0 aliphatic carbocycles. The minimum Gasteiger partial charge on any atom is -0.377 e. The predicted octanol–water partition coefficient (Wildman–Crippen LogP) is 3.67. The van der Waals surface area contributed by atoms with Gasteiger partial charge in [-0.2, -0.15) is 0 Å². The van der Waals surface area contributed by atoms with Gasteiger partial charge in [0.05, 0.1) is 17.9 Å². The Morgan fingerprint density at radius 1 is 1.06 bits per heavy atom. The van der Waals surface area contributed by atoms with E-state index in [2.05, 4.69) is 10.3 Å². The molecule has 0 spiro atoms. The zero-order chi connectivity index (χ0) is 13.1. The van der Waals surface area contributed by atoms with E-state index < -0.39 is 17.5 Å². The van der Waals surface area contributed by atoms with E-state index in [1.165, 1.54) is 18.2 Å². The average Bonchev–Trinajstić information content (AvgIpc) is 2.34. The molecule has 2 nitrogen and oxygen atoms in total. The molecule has 0 saturated carbocycles. The molecule has 1 unspecified atom stereocenters. The second-order valence-corrected chi connectivity index (χ2v) is 3.90. The summed E-state index contributed by atoms with van der Waals surface area (Å²) in [6, 6.07) is 6.13. The highest BCUT2D eigenvalue weighted by atomic mass is 19.2. The molecule has 94 valence electrons. The normalized spacial score (nSPS) is 12.2. The van der Waals surface area contributed by atoms with Crippen LogP contribution in [0.25, 0.3) is 0 Å². The summed E-state index contributed by atoms with van der Waals surface area (Å²) >= 11 is 0. The molecule has 5 heteroatoms. The Morgan fingerprint density at radius 2 is 1.83 bits per heavy atom. The maximum atomic E-state index is 13.0. The molecular weight excluding hydrogens is 241 g/mol. The third kappa shape index (κ3) is 2.80. The molecule has 2 rings (SSSR count). The van der Waals surface area contributed by atoms with E-state index in [9.17, 15) is 13.2 Å². The Morgan fingerprint density at radius 3 is 2.44 bits per heavy atom. The Kier molecular flexibility index (Phi) is 3.50. The minimum absolute atomic E-state index is 0.240. The molecular formula is C13H11F3N2. The van der Waals surface area contributed by atoms with Crippen LogP contribution in [0.1, 0.15) is 18.7 Å². The number of halogens is 3. The zero-order valence-corrected chi connectivity index (χ0v) is 9.62. The fourth-order valence-electron chi connectivity index (χ4n) is 1.55. The molecule has 1 atom stereocenters. The fraction of sp³-hybridized carbons (Fsp3) is 0.154. The topological polar surface area (TPSA) is 24.9 Å². The lowest BCUT2D eigenvalue weighted by molar-refractivity contribution is 0.509. The lowest BCUT2D eigenvalue weighted by Crippen LogP contribution is -2.08. The van der Waals surface area contributed by atoms with Gasteiger partial charge in [-0.25, -0.2) is 13.2 Å². The zero-order valence-electron chi connectivity index (χ0n) is 9.62. The third-order valence-electron chi connectivity index (χ3n) is 2.50. The number of hydrogen-bond acceptors (Lipinski definition) is 2. The van der Waals surface area contributed by atoms with E-state index in [4.69, 9.17) is 0 Å². The van der Waals surface area contributed by atoms with Crippen LogP contribution in [-0.4, -0.2) is 4.98 Å². The lowest BCUT2D eigenvalue weighted by atomic mass is 10.2. The first-order valence-corrected chi connectivity index (χ1v) is 5.39. The maximum absolute atomic E-state index is 13.0. The van der Waals surface area contributed by atoms with Gasteiger partial charge in [-0.1, -0.05) is 0 Å². The van der Waals surface area contributed by atoms with Gasteiger partial charge in [0.2, 0.25) is 0 Å². The van der Waals surface area contributed by atoms with E-state index in [-0.39, 0.29) is 6.04 Å². The van der Waals surface area contributed by atoms with Crippen molar-refractivity contribution in [2.24, 2.45) is 0 Å². The van der Waals surface area contributed by atoms with Gasteiger partial charge in [-0.05, 0) is 31.2 Å². The SMILES string of the molecule is CC(Nc1ccc(F)c(F)c1)c1ccc(F)cn1. The van der Waals surface area contributed by atoms with Crippen LogP contribution in [0, 0.1) is 17.5 Å². The van der Waals surface area contributed by atoms with Gasteiger partial charge >= 0.3 is 0 Å². The number of pyridine rings is 1. The van der Waals surface area contributed by atoms with E-state index in [1.807, 2.05) is 0 Å². The van der Waals surface area contributed by atoms with E-state index in [0.29, 0.717) is 11.4 Å². The summed E-state index contributed by atoms with van der Waals surface area (Å²) in [7, 11) is 0. The highest BCUT2D eigenvalue weighted by Crippen LogP contribution is 2.19. The fourth-order valence-corrected chi connectivity index (χ4v) is 1.55. The van der Waals surface area contributed by atoms with Gasteiger partial charge < -0.3 is 5.32 Å². The average molecular weight is 252 g/mol. The van der Waals surface area contributed by atoms with Crippen LogP contribution in [0.5, 0.6) is 0 Å². The largest absolute Gasteiger partial charge is 0.377 e. The number of aromatic nitrogens is 1. The number of rotatable bonds is 3. The van der Waals surface area contributed by atoms with Crippen molar-refractivity contribution >= 4 is 5.69 Å². The summed E-state index contributed by atoms with van der Waals surface area (Å²) in [5, 5.41) is 2.95. The van der Waals surface area contributed by atoms with Crippen LogP contribution in [-0.2, 0) is 0 Å². The Bertz CT molecular complexity index is 540. The monoisotopic (exact) mass is 252 g/mol. The van der Waals surface area contributed by atoms with Crippen LogP contribution in [0.4, 0.5) is 18.9 Å². The molecule has 1 heterocycles. The number of anilines is 1. The van der Waals surface area contributed by atoms with E-state index in [1.54, 1.807) is 6.92 Å². The van der Waals surface area contributed by atoms with Crippen molar-refractivity contribution in [2.75, 3.05) is 5.32 Å². The molecule has 0 aliphatic heterocycles. The first kappa shape index (κ1) is 12.4. The quantitative estimate of drug-likeness (QED) is 0.901. The Labute approximate surface area is 102 Å². The minimum atomic E-state index is -0.917. The molecule has 1 aromatic heterocycles. The van der Waals surface area contributed by atoms with Crippen molar-refractivity contribution < 1.29 is 13.2 Å². The Balaban J connectivity index is 2.13. The molecule has 0 bridgehead atoms. The van der Waals surface area contributed by atoms with Crippen molar-refractivity contribution in [1.82, 2.24) is 4.98 Å². The van der Waals surface area contributed by atoms with Crippen LogP contribution < -0.4 is 5.32 Å². The van der Waals surface area contributed by atoms with E-state index >= 15 is 0 Å². The summed E-state index contributed by atoms with van der Waals surface area (Å²) < 4.78 is 38.5. The summed E-state index contributed by atoms with van der Waals surface area (Å²) in [5.41, 5.74) is 1.05. The molecule has 0 saturated heterocycles. The summed E-state index contributed by atoms with van der Waals surface area (Å²) in [6.45, 7) is 1.79. The first-order valence-electron chi connectivity index (χ1n) is 5.39. The third-order valence-corrected chi connectivity index (χ3v) is 2.50. The smallest absolute Gasteiger partial charge is 0.160 e. The van der Waals surface area contributed by atoms with Crippen LogP contribution >= 0.6 is 0 Å². The van der Waals surface area contributed by atoms with Crippen molar-refractivity contribution in [1.29, 1.82) is 0 Å². The van der Waals surface area contributed by atoms with Crippen molar-refractivity contribution in [3.8, 4) is 0 Å². The number of benzene rings is 1. The summed E-state index contributed by atoms with van der Waals surface area (Å²) in [4.78, 5) is 3.91. The first-order chi connectivity index (χ1) is 8.56. The standard InChI is InChI=1S/C13H11F3N2/c1-8(13-5-2-9(14)7-17-13)18-10-3-4-11(15)12(16)6-10/h2-8,18H,1H3. The van der Waals surface area contributed by atoms with Crippen LogP contribution in [0.15, 0.2) is 36.5 Å². The highest BCUT2D eigenvalue weighted by Gasteiger charge is 2.08. The lowest BCUT2D eigenvalue weighted by Gasteiger charge is -2.14. The molecule has 1 aromatic carbocycles. The second kappa shape index (κ2) is 5.08. The van der Waals surface area contributed by atoms with Crippen LogP contribution in [0.2, 0.25) is 0 Å². The van der Waals surface area contributed by atoms with Gasteiger partial charge in [-0.15, -0.1) is 0 Å². The second-order valence-electron chi connectivity index (χ2n) is 3.90. The number of nitrogens with zero attached hydrogens (tertiary/aromatic N) is 1. The van der Waals surface area contributed by atoms with Gasteiger partial charge in [-0.3, -0.25) is 4.98 Å². The van der Waals surface area contributed by atoms with Gasteiger partial charge in [0.1, 0.15) is 5.82 Å². The maximum Gasteiger partial charge on any atom is 0.160 e. The molecule has 0 aliphatic rings. The van der Waals surface area contributed by atoms with Crippen molar-refractivity contribution in [3.05, 3.63) is 59.7 Å². The summed E-state index contributed by atoms with van der Waals surface area (Å²) in [6.07, 6.45) is 1.11. The predicted molar refractivity (Wildman–Crippen MR) is 62.6 cm³/mol. The molecule has 1 N–H and O–H groups in total. The van der Waals surface area contributed by atoms with Gasteiger partial charge in [0.25, 0.3) is 0 Å². The highest BCUT2D eigenvalue weighted by molar-refractivity contribution is 5.45. The Hall–Kier alpha value is -2.04. The van der Waals surface area contributed by atoms with Crippen molar-refractivity contribution in [2.45, 2.75) is 13.0 Å². The van der Waals surface area contributed by atoms with E-state index in [0.717, 1.165) is 18.3 Å². The van der Waals surface area contributed by atoms with Gasteiger partial charge in [0, 0.05) is 11.8 Å². The number of nitrogens with one attached hydrogen (secondary N) is 1. The van der Waals surface area contributed by atoms with Gasteiger partial charge in [0.15, 0.2) is 11.6 Å².